The van der Waals surface area contributed by atoms with Crippen molar-refractivity contribution in [3.8, 4) is 5.75 Å². The van der Waals surface area contributed by atoms with Crippen LogP contribution in [0.4, 0.5) is 21.6 Å². The van der Waals surface area contributed by atoms with Crippen LogP contribution in [0.2, 0.25) is 0 Å². The molecule has 1 aromatic carbocycles. The largest absolute Gasteiger partial charge is 0.492 e. The van der Waals surface area contributed by atoms with E-state index < -0.39 is 5.82 Å². The van der Waals surface area contributed by atoms with Gasteiger partial charge in [0.1, 0.15) is 17.7 Å². The van der Waals surface area contributed by atoms with Gasteiger partial charge in [0, 0.05) is 26.6 Å². The summed E-state index contributed by atoms with van der Waals surface area (Å²) in [7, 11) is 3.15. The van der Waals surface area contributed by atoms with Crippen molar-refractivity contribution in [2.45, 2.75) is 27.4 Å². The molecule has 0 saturated heterocycles. The second-order valence-electron chi connectivity index (χ2n) is 7.30. The first-order valence-electron chi connectivity index (χ1n) is 9.62. The first-order chi connectivity index (χ1) is 14.3. The van der Waals surface area contributed by atoms with Crippen molar-refractivity contribution in [2.75, 3.05) is 31.4 Å². The van der Waals surface area contributed by atoms with Crippen molar-refractivity contribution in [1.29, 1.82) is 0 Å². The van der Waals surface area contributed by atoms with Crippen molar-refractivity contribution >= 4 is 34.3 Å². The van der Waals surface area contributed by atoms with E-state index in [-0.39, 0.29) is 18.3 Å². The van der Waals surface area contributed by atoms with E-state index in [1.54, 1.807) is 19.2 Å². The number of ether oxygens (including phenoxy) is 2. The van der Waals surface area contributed by atoms with Gasteiger partial charge in [-0.3, -0.25) is 9.36 Å². The third-order valence-electron chi connectivity index (χ3n) is 4.40. The molecule has 0 saturated carbocycles. The maximum atomic E-state index is 14.6. The lowest BCUT2D eigenvalue weighted by Gasteiger charge is -2.15. The molecule has 0 bridgehead atoms. The topological polar surface area (TPSA) is 90.3 Å². The van der Waals surface area contributed by atoms with E-state index in [2.05, 4.69) is 34.4 Å². The van der Waals surface area contributed by atoms with E-state index in [0.717, 1.165) is 0 Å². The Balaban J connectivity index is 1.99. The third-order valence-corrected chi connectivity index (χ3v) is 4.40. The zero-order chi connectivity index (χ0) is 21.8. The number of fused-ring (bicyclic) bond motifs is 1. The van der Waals surface area contributed by atoms with E-state index in [0.29, 0.717) is 46.4 Å². The van der Waals surface area contributed by atoms with Crippen LogP contribution in [0.1, 0.15) is 31.1 Å². The van der Waals surface area contributed by atoms with Crippen molar-refractivity contribution < 1.29 is 18.7 Å². The first kappa shape index (κ1) is 21.5. The average molecular weight is 415 g/mol. The molecule has 0 aliphatic carbocycles. The Morgan fingerprint density at radius 2 is 2.03 bits per heavy atom. The van der Waals surface area contributed by atoms with Gasteiger partial charge in [0.2, 0.25) is 5.91 Å². The first-order valence-corrected chi connectivity index (χ1v) is 9.62. The van der Waals surface area contributed by atoms with Crippen molar-refractivity contribution in [3.05, 3.63) is 35.9 Å². The molecule has 160 valence electrons. The van der Waals surface area contributed by atoms with E-state index >= 15 is 0 Å². The highest BCUT2D eigenvalue weighted by Gasteiger charge is 2.16. The normalized spacial score (nSPS) is 11.2. The zero-order valence-electron chi connectivity index (χ0n) is 17.7. The fourth-order valence-electron chi connectivity index (χ4n) is 3.06. The fraction of sp³-hybridized carbons (Fsp3) is 0.381. The van der Waals surface area contributed by atoms with Crippen LogP contribution < -0.4 is 15.4 Å². The highest BCUT2D eigenvalue weighted by Crippen LogP contribution is 2.33. The molecular weight excluding hydrogens is 389 g/mol. The van der Waals surface area contributed by atoms with E-state index in [9.17, 15) is 9.18 Å². The summed E-state index contributed by atoms with van der Waals surface area (Å²) in [6.45, 7) is 6.39. The predicted octanol–water partition coefficient (Wildman–Crippen LogP) is 4.20. The van der Waals surface area contributed by atoms with Crippen molar-refractivity contribution in [1.82, 2.24) is 14.5 Å². The minimum atomic E-state index is -0.505. The lowest BCUT2D eigenvalue weighted by molar-refractivity contribution is 0.0940. The summed E-state index contributed by atoms with van der Waals surface area (Å²) in [5, 5.41) is 6.15. The van der Waals surface area contributed by atoms with Crippen molar-refractivity contribution in [3.63, 3.8) is 0 Å². The monoisotopic (exact) mass is 415 g/mol. The average Bonchev–Trinajstić information content (AvgIpc) is 3.11. The van der Waals surface area contributed by atoms with Gasteiger partial charge in [0.15, 0.2) is 17.2 Å². The second-order valence-corrected chi connectivity index (χ2v) is 7.30. The number of pyridine rings is 1. The number of nitrogens with zero attached hydrogens (tertiary/aromatic N) is 3. The molecule has 0 spiro atoms. The Bertz CT molecular complexity index is 1060. The number of anilines is 3. The summed E-state index contributed by atoms with van der Waals surface area (Å²) < 4.78 is 26.8. The number of aromatic nitrogens is 3. The maximum absolute atomic E-state index is 14.6. The molecule has 0 aliphatic heterocycles. The van der Waals surface area contributed by atoms with E-state index in [1.807, 2.05) is 0 Å². The number of hydrogen-bond donors (Lipinski definition) is 2. The van der Waals surface area contributed by atoms with Crippen LogP contribution in [0.15, 0.2) is 24.5 Å². The number of carbonyl (C=O) groups excluding carboxylic acids is 1. The standard InChI is InChI=1S/C21H26FN5O3/c1-12(2)9-30-10-14-6-15(22)20(29-5)17(7-14)25-18-8-16(23-4)19-21(26-18)27(11-24-19)13(3)28/h6-8,11-12H,9-10H2,1-5H3,(H2,23,25,26). The Morgan fingerprint density at radius 3 is 2.67 bits per heavy atom. The highest BCUT2D eigenvalue weighted by atomic mass is 19.1. The molecule has 3 aromatic rings. The number of rotatable bonds is 8. The molecule has 0 fully saturated rings. The molecular formula is C21H26FN5O3. The summed E-state index contributed by atoms with van der Waals surface area (Å²) in [5.74, 6) is 0.141. The Hall–Kier alpha value is -3.20. The van der Waals surface area contributed by atoms with Crippen LogP contribution in [0, 0.1) is 11.7 Å². The molecule has 0 unspecified atom stereocenters. The van der Waals surface area contributed by atoms with Crippen LogP contribution in [-0.2, 0) is 11.3 Å². The SMILES string of the molecule is CNc1cc(Nc2cc(COCC(C)C)cc(F)c2OC)nc2c1ncn2C(C)=O. The van der Waals surface area contributed by atoms with Gasteiger partial charge in [-0.15, -0.1) is 0 Å². The molecule has 9 heteroatoms. The van der Waals surface area contributed by atoms with E-state index in [4.69, 9.17) is 9.47 Å². The molecule has 0 amide bonds. The number of nitrogens with one attached hydrogen (secondary N) is 2. The molecule has 0 atom stereocenters. The summed E-state index contributed by atoms with van der Waals surface area (Å²) in [6.07, 6.45) is 1.43. The molecule has 8 nitrogen and oxygen atoms in total. The van der Waals surface area contributed by atoms with Crippen LogP contribution in [0.3, 0.4) is 0 Å². The van der Waals surface area contributed by atoms with Gasteiger partial charge in [-0.05, 0) is 23.6 Å². The lowest BCUT2D eigenvalue weighted by Crippen LogP contribution is -2.07. The summed E-state index contributed by atoms with van der Waals surface area (Å²) in [5.41, 5.74) is 2.71. The van der Waals surface area contributed by atoms with Gasteiger partial charge in [-0.25, -0.2) is 14.4 Å². The number of methoxy groups -OCH3 is 1. The summed E-state index contributed by atoms with van der Waals surface area (Å²) >= 11 is 0. The van der Waals surface area contributed by atoms with Gasteiger partial charge in [-0.2, -0.15) is 0 Å². The van der Waals surface area contributed by atoms with Gasteiger partial charge >= 0.3 is 0 Å². The number of carbonyl (C=O) groups is 1. The summed E-state index contributed by atoms with van der Waals surface area (Å²) in [4.78, 5) is 20.6. The van der Waals surface area contributed by atoms with Gasteiger partial charge in [-0.1, -0.05) is 13.8 Å². The van der Waals surface area contributed by atoms with Gasteiger partial charge in [0.25, 0.3) is 0 Å². The Kier molecular flexibility index (Phi) is 6.51. The second kappa shape index (κ2) is 9.08. The minimum absolute atomic E-state index is 0.0654. The minimum Gasteiger partial charge on any atom is -0.492 e. The van der Waals surface area contributed by atoms with Crippen LogP contribution >= 0.6 is 0 Å². The third kappa shape index (κ3) is 4.51. The number of halogens is 1. The predicted molar refractivity (Wildman–Crippen MR) is 114 cm³/mol. The number of hydrogen-bond acceptors (Lipinski definition) is 7. The Morgan fingerprint density at radius 1 is 1.27 bits per heavy atom. The smallest absolute Gasteiger partial charge is 0.230 e. The molecule has 30 heavy (non-hydrogen) atoms. The lowest BCUT2D eigenvalue weighted by atomic mass is 10.1. The van der Waals surface area contributed by atoms with Crippen LogP contribution in [-0.4, -0.2) is 41.2 Å². The van der Waals surface area contributed by atoms with Gasteiger partial charge in [0.05, 0.1) is 25.1 Å². The highest BCUT2D eigenvalue weighted by molar-refractivity contribution is 5.94. The molecule has 0 radical (unpaired) electrons. The molecule has 2 aromatic heterocycles. The zero-order valence-corrected chi connectivity index (χ0v) is 17.7. The maximum Gasteiger partial charge on any atom is 0.230 e. The van der Waals surface area contributed by atoms with Crippen LogP contribution in [0.25, 0.3) is 11.2 Å². The number of imidazole rings is 1. The molecule has 3 rings (SSSR count). The van der Waals surface area contributed by atoms with Crippen molar-refractivity contribution in [2.24, 2.45) is 5.92 Å². The van der Waals surface area contributed by atoms with E-state index in [1.165, 1.54) is 31.0 Å². The quantitative estimate of drug-likeness (QED) is 0.570. The molecule has 2 N–H and O–H groups in total. The number of benzene rings is 1. The van der Waals surface area contributed by atoms with Crippen LogP contribution in [0.5, 0.6) is 5.75 Å². The summed E-state index contributed by atoms with van der Waals surface area (Å²) in [6, 6.07) is 4.89. The molecule has 2 heterocycles. The van der Waals surface area contributed by atoms with Gasteiger partial charge < -0.3 is 20.1 Å². The fourth-order valence-corrected chi connectivity index (χ4v) is 3.06. The molecule has 0 aliphatic rings. The Labute approximate surface area is 174 Å².